The Balaban J connectivity index is 0.000000220. The molecule has 0 aromatic heterocycles. The lowest BCUT2D eigenvalue weighted by atomic mass is 9.78. The van der Waals surface area contributed by atoms with Gasteiger partial charge in [0.1, 0.15) is 0 Å². The van der Waals surface area contributed by atoms with Crippen molar-refractivity contribution in [1.82, 2.24) is 19.6 Å². The van der Waals surface area contributed by atoms with E-state index < -0.39 is 35.6 Å². The van der Waals surface area contributed by atoms with E-state index in [1.807, 2.05) is 4.90 Å². The summed E-state index contributed by atoms with van der Waals surface area (Å²) in [5.41, 5.74) is 0. The lowest BCUT2D eigenvalue weighted by Gasteiger charge is -2.38. The van der Waals surface area contributed by atoms with Gasteiger partial charge >= 0.3 is 5.97 Å². The SMILES string of the molecule is C.C.CCN1CCN(C(=O)C2C(C(=O)O)[C@H]3CC[C@@H]2O3)CC1.CCN1CCN(C(=O)C2C(C(=O)[O-])[C@H]3CC[C@@H]2O3)CC1. The smallest absolute Gasteiger partial charge is 0.310 e. The van der Waals surface area contributed by atoms with Gasteiger partial charge in [-0.2, -0.15) is 0 Å². The van der Waals surface area contributed by atoms with Crippen molar-refractivity contribution in [2.24, 2.45) is 23.7 Å². The van der Waals surface area contributed by atoms with Gasteiger partial charge in [0, 0.05) is 64.2 Å². The Morgan fingerprint density at radius 3 is 1.29 bits per heavy atom. The molecule has 0 spiro atoms. The van der Waals surface area contributed by atoms with Crippen LogP contribution in [0.5, 0.6) is 0 Å². The third-order valence-electron chi connectivity index (χ3n) is 9.94. The molecule has 8 atom stereocenters. The number of aliphatic carboxylic acids is 2. The van der Waals surface area contributed by atoms with E-state index in [0.29, 0.717) is 26.2 Å². The van der Waals surface area contributed by atoms with Crippen LogP contribution in [-0.4, -0.2) is 138 Å². The molecule has 6 rings (SSSR count). The number of rotatable bonds is 6. The molecule has 0 radical (unpaired) electrons. The molecule has 4 unspecified atom stereocenters. The largest absolute Gasteiger partial charge is 0.550 e. The minimum absolute atomic E-state index is 0. The number of nitrogens with zero attached hydrogens (tertiary/aromatic N) is 4. The molecule has 0 aromatic rings. The Morgan fingerprint density at radius 1 is 0.619 bits per heavy atom. The van der Waals surface area contributed by atoms with Gasteiger partial charge in [-0.25, -0.2) is 0 Å². The Bertz CT molecular complexity index is 889. The number of piperazine rings is 2. The minimum atomic E-state index is -1.14. The summed E-state index contributed by atoms with van der Waals surface area (Å²) in [6, 6.07) is 0. The molecular formula is C30H51N4O8-. The fourth-order valence-corrected chi connectivity index (χ4v) is 7.59. The number of carboxylic acids is 2. The van der Waals surface area contributed by atoms with Gasteiger partial charge in [0.2, 0.25) is 11.8 Å². The first-order valence-electron chi connectivity index (χ1n) is 15.0. The second-order valence-electron chi connectivity index (χ2n) is 11.9. The van der Waals surface area contributed by atoms with Gasteiger partial charge in [0.15, 0.2) is 0 Å². The Morgan fingerprint density at radius 2 is 0.952 bits per heavy atom. The normalized spacial score (nSPS) is 35.6. The molecule has 12 heteroatoms. The molecule has 6 aliphatic heterocycles. The standard InChI is InChI=1S/2C14H22N2O4.2CH4/c2*1-2-15-5-7-16(8-6-15)13(17)11-9-3-4-10(20-9)12(11)14(18)19;;/h2*9-12H,2-8H2,1H3,(H,18,19);2*1H4/p-1/t2*9-,10+,11?,12?;;/m00../s1. The van der Waals surface area contributed by atoms with Crippen LogP contribution in [-0.2, 0) is 28.7 Å². The zero-order valence-electron chi connectivity index (χ0n) is 23.6. The maximum Gasteiger partial charge on any atom is 0.310 e. The van der Waals surface area contributed by atoms with Crippen molar-refractivity contribution in [3.63, 3.8) is 0 Å². The van der Waals surface area contributed by atoms with Gasteiger partial charge in [0.05, 0.1) is 42.2 Å². The number of amides is 2. The van der Waals surface area contributed by atoms with Gasteiger partial charge in [-0.15, -0.1) is 0 Å². The van der Waals surface area contributed by atoms with Crippen molar-refractivity contribution in [3.8, 4) is 0 Å². The lowest BCUT2D eigenvalue weighted by molar-refractivity contribution is -0.314. The summed E-state index contributed by atoms with van der Waals surface area (Å²) < 4.78 is 11.3. The maximum absolute atomic E-state index is 12.7. The van der Waals surface area contributed by atoms with Crippen molar-refractivity contribution in [3.05, 3.63) is 0 Å². The molecule has 6 aliphatic rings. The molecule has 0 aliphatic carbocycles. The number of fused-ring (bicyclic) bond motifs is 4. The van der Waals surface area contributed by atoms with Crippen LogP contribution in [0.4, 0.5) is 0 Å². The van der Waals surface area contributed by atoms with E-state index in [0.717, 1.165) is 65.0 Å². The highest BCUT2D eigenvalue weighted by atomic mass is 16.5. The van der Waals surface area contributed by atoms with E-state index in [-0.39, 0.29) is 51.1 Å². The highest BCUT2D eigenvalue weighted by Gasteiger charge is 2.56. The van der Waals surface area contributed by atoms with Crippen LogP contribution >= 0.6 is 0 Å². The predicted molar refractivity (Wildman–Crippen MR) is 153 cm³/mol. The molecule has 12 nitrogen and oxygen atoms in total. The maximum atomic E-state index is 12.7. The molecule has 6 fully saturated rings. The van der Waals surface area contributed by atoms with E-state index in [4.69, 9.17) is 9.47 Å². The van der Waals surface area contributed by atoms with Crippen LogP contribution in [0, 0.1) is 23.7 Å². The first-order chi connectivity index (χ1) is 19.2. The monoisotopic (exact) mass is 595 g/mol. The molecule has 42 heavy (non-hydrogen) atoms. The fourth-order valence-electron chi connectivity index (χ4n) is 7.59. The second kappa shape index (κ2) is 14.5. The number of likely N-dealkylation sites (N-methyl/N-ethyl adjacent to an activating group) is 2. The third-order valence-corrected chi connectivity index (χ3v) is 9.94. The van der Waals surface area contributed by atoms with Gasteiger partial charge in [0.25, 0.3) is 0 Å². The summed E-state index contributed by atoms with van der Waals surface area (Å²) in [5, 5.41) is 20.7. The summed E-state index contributed by atoms with van der Waals surface area (Å²) in [6.45, 7) is 12.4. The lowest BCUT2D eigenvalue weighted by Crippen LogP contribution is -2.54. The molecule has 4 bridgehead atoms. The quantitative estimate of drug-likeness (QED) is 0.446. The van der Waals surface area contributed by atoms with E-state index in [1.54, 1.807) is 4.90 Å². The Hall–Kier alpha value is -2.28. The van der Waals surface area contributed by atoms with E-state index in [2.05, 4.69) is 23.6 Å². The molecule has 0 aromatic carbocycles. The van der Waals surface area contributed by atoms with Crippen molar-refractivity contribution in [1.29, 1.82) is 0 Å². The van der Waals surface area contributed by atoms with Gasteiger partial charge in [-0.3, -0.25) is 14.4 Å². The zero-order valence-corrected chi connectivity index (χ0v) is 23.6. The van der Waals surface area contributed by atoms with Gasteiger partial charge < -0.3 is 44.1 Å². The first kappa shape index (κ1) is 34.2. The molecule has 2 amide bonds. The second-order valence-corrected chi connectivity index (χ2v) is 11.9. The molecule has 6 heterocycles. The molecule has 6 saturated heterocycles. The average Bonchev–Trinajstić information content (AvgIpc) is 3.78. The molecule has 0 saturated carbocycles. The number of hydrogen-bond acceptors (Lipinski definition) is 9. The van der Waals surface area contributed by atoms with Crippen molar-refractivity contribution < 1.29 is 38.9 Å². The van der Waals surface area contributed by atoms with E-state index >= 15 is 0 Å². The third kappa shape index (κ3) is 6.61. The summed E-state index contributed by atoms with van der Waals surface area (Å²) in [5.74, 6) is -4.50. The number of hydrogen-bond donors (Lipinski definition) is 1. The average molecular weight is 596 g/mol. The summed E-state index contributed by atoms with van der Waals surface area (Å²) >= 11 is 0. The minimum Gasteiger partial charge on any atom is -0.550 e. The number of carboxylic acid groups (broad SMARTS) is 2. The number of ether oxygens (including phenoxy) is 2. The van der Waals surface area contributed by atoms with Gasteiger partial charge in [-0.1, -0.05) is 28.7 Å². The highest BCUT2D eigenvalue weighted by Crippen LogP contribution is 2.45. The van der Waals surface area contributed by atoms with Crippen LogP contribution in [0.15, 0.2) is 0 Å². The van der Waals surface area contributed by atoms with Crippen LogP contribution in [0.25, 0.3) is 0 Å². The van der Waals surface area contributed by atoms with Crippen molar-refractivity contribution in [2.45, 2.75) is 78.8 Å². The van der Waals surface area contributed by atoms with E-state index in [9.17, 15) is 29.4 Å². The van der Waals surface area contributed by atoms with Gasteiger partial charge in [-0.05, 0) is 38.8 Å². The van der Waals surface area contributed by atoms with Crippen LogP contribution in [0.2, 0.25) is 0 Å². The molecule has 240 valence electrons. The number of carbonyl (C=O) groups excluding carboxylic acids is 3. The first-order valence-corrected chi connectivity index (χ1v) is 15.0. The fraction of sp³-hybridized carbons (Fsp3) is 0.867. The predicted octanol–water partition coefficient (Wildman–Crippen LogP) is -0.00510. The number of carbonyl (C=O) groups is 4. The van der Waals surface area contributed by atoms with Crippen LogP contribution < -0.4 is 5.11 Å². The summed E-state index contributed by atoms with van der Waals surface area (Å²) in [7, 11) is 0. The van der Waals surface area contributed by atoms with Crippen molar-refractivity contribution in [2.75, 3.05) is 65.4 Å². The van der Waals surface area contributed by atoms with E-state index in [1.165, 1.54) is 0 Å². The van der Waals surface area contributed by atoms with Crippen molar-refractivity contribution >= 4 is 23.8 Å². The van der Waals surface area contributed by atoms with Crippen LogP contribution in [0.1, 0.15) is 54.4 Å². The summed E-state index contributed by atoms with van der Waals surface area (Å²) in [6.07, 6.45) is 2.13. The highest BCUT2D eigenvalue weighted by molar-refractivity contribution is 5.87. The molecular weight excluding hydrogens is 544 g/mol. The topological polar surface area (TPSA) is 143 Å². The Kier molecular flexibility index (Phi) is 11.8. The zero-order chi connectivity index (χ0) is 28.6. The molecule has 1 N–H and O–H groups in total. The summed E-state index contributed by atoms with van der Waals surface area (Å²) in [4.78, 5) is 56.3. The van der Waals surface area contributed by atoms with Crippen LogP contribution in [0.3, 0.4) is 0 Å². The Labute approximate surface area is 250 Å².